The van der Waals surface area contributed by atoms with Crippen LogP contribution < -0.4 is 10.6 Å². The Labute approximate surface area is 157 Å². The van der Waals surface area contributed by atoms with E-state index in [2.05, 4.69) is 27.3 Å². The molecule has 0 bridgehead atoms. The van der Waals surface area contributed by atoms with E-state index < -0.39 is 12.8 Å². The third kappa shape index (κ3) is 11.3. The molecule has 1 atom stereocenters. The van der Waals surface area contributed by atoms with Crippen molar-refractivity contribution in [2.24, 2.45) is 4.99 Å². The van der Waals surface area contributed by atoms with Crippen LogP contribution in [-0.4, -0.2) is 55.5 Å². The molecule has 1 aliphatic heterocycles. The van der Waals surface area contributed by atoms with Gasteiger partial charge in [-0.05, 0) is 38.9 Å². The number of nitrogens with zero attached hydrogens (tertiary/aromatic N) is 1. The predicted molar refractivity (Wildman–Crippen MR) is 101 cm³/mol. The molecular formula is C14H27F3IN3OS. The van der Waals surface area contributed by atoms with Gasteiger partial charge >= 0.3 is 6.18 Å². The van der Waals surface area contributed by atoms with E-state index in [-0.39, 0.29) is 35.3 Å². The Balaban J connectivity index is 0.00000484. The average Bonchev–Trinajstić information content (AvgIpc) is 2.86. The van der Waals surface area contributed by atoms with E-state index in [4.69, 9.17) is 0 Å². The quantitative estimate of drug-likeness (QED) is 0.248. The number of nitrogens with one attached hydrogen (secondary N) is 2. The topological polar surface area (TPSA) is 45.7 Å². The molecule has 1 saturated heterocycles. The van der Waals surface area contributed by atoms with Crippen LogP contribution in [0.25, 0.3) is 0 Å². The number of aliphatic imine (C=N–C) groups is 1. The summed E-state index contributed by atoms with van der Waals surface area (Å²) >= 11 is 1.95. The van der Waals surface area contributed by atoms with Gasteiger partial charge in [0.2, 0.25) is 0 Å². The zero-order valence-electron chi connectivity index (χ0n) is 13.7. The Morgan fingerprint density at radius 2 is 2.09 bits per heavy atom. The maximum atomic E-state index is 11.9. The van der Waals surface area contributed by atoms with Gasteiger partial charge in [-0.3, -0.25) is 4.99 Å². The summed E-state index contributed by atoms with van der Waals surface area (Å²) in [6, 6.07) is 0. The maximum Gasteiger partial charge on any atom is 0.411 e. The predicted octanol–water partition coefficient (Wildman–Crippen LogP) is 3.41. The fourth-order valence-corrected chi connectivity index (χ4v) is 3.34. The second kappa shape index (κ2) is 11.6. The van der Waals surface area contributed by atoms with Crippen LogP contribution in [0.1, 0.15) is 33.1 Å². The Morgan fingerprint density at radius 1 is 1.35 bits per heavy atom. The minimum atomic E-state index is -4.25. The molecule has 4 nitrogen and oxygen atoms in total. The molecule has 1 heterocycles. The molecule has 1 fully saturated rings. The molecule has 138 valence electrons. The summed E-state index contributed by atoms with van der Waals surface area (Å²) in [6.45, 7) is 5.14. The zero-order chi connectivity index (χ0) is 16.5. The fourth-order valence-electron chi connectivity index (χ4n) is 2.12. The van der Waals surface area contributed by atoms with Crippen molar-refractivity contribution in [3.63, 3.8) is 0 Å². The van der Waals surface area contributed by atoms with Gasteiger partial charge in [-0.2, -0.15) is 24.9 Å². The number of hydrogen-bond donors (Lipinski definition) is 2. The second-order valence-corrected chi connectivity index (χ2v) is 7.23. The molecule has 1 rings (SSSR count). The maximum absolute atomic E-state index is 11.9. The molecule has 0 aromatic carbocycles. The second-order valence-electron chi connectivity index (χ2n) is 5.55. The highest BCUT2D eigenvalue weighted by Crippen LogP contribution is 2.37. The molecule has 23 heavy (non-hydrogen) atoms. The molecule has 1 unspecified atom stereocenters. The molecule has 0 radical (unpaired) electrons. The van der Waals surface area contributed by atoms with Crippen LogP contribution in [0.5, 0.6) is 0 Å². The van der Waals surface area contributed by atoms with Crippen molar-refractivity contribution < 1.29 is 17.9 Å². The van der Waals surface area contributed by atoms with Crippen molar-refractivity contribution in [2.75, 3.05) is 38.6 Å². The lowest BCUT2D eigenvalue weighted by molar-refractivity contribution is -0.173. The van der Waals surface area contributed by atoms with Crippen LogP contribution >= 0.6 is 35.7 Å². The molecule has 0 aromatic rings. The van der Waals surface area contributed by atoms with E-state index in [1.54, 1.807) is 0 Å². The van der Waals surface area contributed by atoms with Crippen molar-refractivity contribution in [1.29, 1.82) is 0 Å². The first kappa shape index (κ1) is 23.1. The summed E-state index contributed by atoms with van der Waals surface area (Å²) in [7, 11) is 0. The summed E-state index contributed by atoms with van der Waals surface area (Å²) in [5.41, 5.74) is 0. The molecule has 0 saturated carbocycles. The lowest BCUT2D eigenvalue weighted by Gasteiger charge is -2.21. The third-order valence-corrected chi connectivity index (χ3v) is 4.76. The largest absolute Gasteiger partial charge is 0.411 e. The van der Waals surface area contributed by atoms with E-state index in [9.17, 15) is 13.2 Å². The number of rotatable bonds is 8. The lowest BCUT2D eigenvalue weighted by Crippen LogP contribution is -2.39. The molecular weight excluding hydrogens is 442 g/mol. The van der Waals surface area contributed by atoms with Gasteiger partial charge in [0.25, 0.3) is 0 Å². The SMILES string of the molecule is CCNC(=NCC1(C)CCCS1)NCCCOCC(F)(F)F.I. The summed E-state index contributed by atoms with van der Waals surface area (Å²) in [4.78, 5) is 4.58. The van der Waals surface area contributed by atoms with Crippen molar-refractivity contribution in [2.45, 2.75) is 44.0 Å². The van der Waals surface area contributed by atoms with Crippen LogP contribution in [0.15, 0.2) is 4.99 Å². The standard InChI is InChI=1S/C14H26F3N3OS.HI/c1-3-18-12(20-10-13(2)6-4-9-22-13)19-7-5-8-21-11-14(15,16)17;/h3-11H2,1-2H3,(H2,18,19,20);1H. The van der Waals surface area contributed by atoms with Crippen LogP contribution in [0.3, 0.4) is 0 Å². The Morgan fingerprint density at radius 3 is 2.65 bits per heavy atom. The first-order valence-electron chi connectivity index (χ1n) is 7.65. The molecule has 0 aromatic heterocycles. The average molecular weight is 469 g/mol. The number of guanidine groups is 1. The van der Waals surface area contributed by atoms with Crippen LogP contribution in [0.2, 0.25) is 0 Å². The number of alkyl halides is 3. The highest BCUT2D eigenvalue weighted by molar-refractivity contribution is 14.0. The van der Waals surface area contributed by atoms with Crippen molar-refractivity contribution >= 4 is 41.7 Å². The normalized spacial score (nSPS) is 21.9. The van der Waals surface area contributed by atoms with Gasteiger partial charge in [0.15, 0.2) is 5.96 Å². The van der Waals surface area contributed by atoms with Gasteiger partial charge in [-0.15, -0.1) is 24.0 Å². The first-order valence-corrected chi connectivity index (χ1v) is 8.64. The minimum absolute atomic E-state index is 0. The number of hydrogen-bond acceptors (Lipinski definition) is 3. The number of halogens is 4. The molecule has 0 amide bonds. The summed E-state index contributed by atoms with van der Waals surface area (Å²) in [5, 5.41) is 6.28. The summed E-state index contributed by atoms with van der Waals surface area (Å²) in [6.07, 6.45) is -1.34. The Kier molecular flexibility index (Phi) is 11.7. The van der Waals surface area contributed by atoms with Crippen LogP contribution in [-0.2, 0) is 4.74 Å². The fraction of sp³-hybridized carbons (Fsp3) is 0.929. The van der Waals surface area contributed by atoms with Crippen molar-refractivity contribution in [3.8, 4) is 0 Å². The van der Waals surface area contributed by atoms with Gasteiger partial charge in [0.1, 0.15) is 6.61 Å². The highest BCUT2D eigenvalue weighted by Gasteiger charge is 2.29. The third-order valence-electron chi connectivity index (χ3n) is 3.24. The minimum Gasteiger partial charge on any atom is -0.372 e. The van der Waals surface area contributed by atoms with Crippen molar-refractivity contribution in [3.05, 3.63) is 0 Å². The monoisotopic (exact) mass is 469 g/mol. The molecule has 2 N–H and O–H groups in total. The summed E-state index contributed by atoms with van der Waals surface area (Å²) < 4.78 is 40.5. The first-order chi connectivity index (χ1) is 10.3. The van der Waals surface area contributed by atoms with Gasteiger partial charge in [-0.1, -0.05) is 0 Å². The van der Waals surface area contributed by atoms with Crippen LogP contribution in [0, 0.1) is 0 Å². The lowest BCUT2D eigenvalue weighted by atomic mass is 10.1. The highest BCUT2D eigenvalue weighted by atomic mass is 127. The Hall–Kier alpha value is 0.1000. The van der Waals surface area contributed by atoms with E-state index in [0.717, 1.165) is 13.1 Å². The van der Waals surface area contributed by atoms with Gasteiger partial charge in [0, 0.05) is 24.4 Å². The van der Waals surface area contributed by atoms with Gasteiger partial charge < -0.3 is 15.4 Å². The zero-order valence-corrected chi connectivity index (χ0v) is 16.8. The molecule has 9 heteroatoms. The number of ether oxygens (including phenoxy) is 1. The van der Waals surface area contributed by atoms with Crippen molar-refractivity contribution in [1.82, 2.24) is 10.6 Å². The summed E-state index contributed by atoms with van der Waals surface area (Å²) in [5.74, 6) is 1.90. The van der Waals surface area contributed by atoms with Gasteiger partial charge in [-0.25, -0.2) is 0 Å². The van der Waals surface area contributed by atoms with Gasteiger partial charge in [0.05, 0.1) is 6.54 Å². The molecule has 0 spiro atoms. The van der Waals surface area contributed by atoms with Crippen LogP contribution in [0.4, 0.5) is 13.2 Å². The Bertz CT molecular complexity index is 351. The molecule has 0 aliphatic carbocycles. The van der Waals surface area contributed by atoms with E-state index >= 15 is 0 Å². The number of thioether (sulfide) groups is 1. The van der Waals surface area contributed by atoms with E-state index in [1.165, 1.54) is 18.6 Å². The molecule has 1 aliphatic rings. The van der Waals surface area contributed by atoms with E-state index in [1.807, 2.05) is 18.7 Å². The van der Waals surface area contributed by atoms with E-state index in [0.29, 0.717) is 18.9 Å². The smallest absolute Gasteiger partial charge is 0.372 e.